The highest BCUT2D eigenvalue weighted by Gasteiger charge is 2.13. The number of hydrogen-bond acceptors (Lipinski definition) is 5. The van der Waals surface area contributed by atoms with Crippen molar-refractivity contribution in [1.29, 1.82) is 0 Å². The van der Waals surface area contributed by atoms with E-state index in [0.29, 0.717) is 37.6 Å². The van der Waals surface area contributed by atoms with Crippen LogP contribution >= 0.6 is 0 Å². The number of hydrogen-bond donors (Lipinski definition) is 2. The van der Waals surface area contributed by atoms with Crippen molar-refractivity contribution in [1.82, 2.24) is 10.2 Å². The van der Waals surface area contributed by atoms with Gasteiger partial charge in [-0.3, -0.25) is 20.0 Å². The van der Waals surface area contributed by atoms with Crippen LogP contribution in [0.3, 0.4) is 0 Å². The van der Waals surface area contributed by atoms with Crippen LogP contribution in [0, 0.1) is 11.6 Å². The first-order valence-electron chi connectivity index (χ1n) is 9.56. The summed E-state index contributed by atoms with van der Waals surface area (Å²) in [5.74, 6) is -1.26. The zero-order valence-electron chi connectivity index (χ0n) is 16.7. The molecule has 160 valence electrons. The summed E-state index contributed by atoms with van der Waals surface area (Å²) in [7, 11) is 1.51. The lowest BCUT2D eigenvalue weighted by molar-refractivity contribution is 0.0394. The summed E-state index contributed by atoms with van der Waals surface area (Å²) in [5.41, 5.74) is 0.506. The van der Waals surface area contributed by atoms with Crippen molar-refractivity contribution in [3.05, 3.63) is 59.7 Å². The highest BCUT2D eigenvalue weighted by molar-refractivity contribution is 6.10. The molecule has 0 aliphatic carbocycles. The number of carbonyl (C=O) groups is 1. The normalized spacial score (nSPS) is 15.0. The fourth-order valence-corrected chi connectivity index (χ4v) is 2.95. The fraction of sp³-hybridized carbons (Fsp3) is 0.333. The van der Waals surface area contributed by atoms with E-state index in [0.717, 1.165) is 31.3 Å². The first-order valence-corrected chi connectivity index (χ1v) is 9.56. The molecule has 2 aromatic carbocycles. The van der Waals surface area contributed by atoms with E-state index in [-0.39, 0.29) is 11.6 Å². The van der Waals surface area contributed by atoms with E-state index in [9.17, 15) is 13.6 Å². The van der Waals surface area contributed by atoms with Crippen molar-refractivity contribution in [3.63, 3.8) is 0 Å². The molecule has 0 saturated carbocycles. The fourth-order valence-electron chi connectivity index (χ4n) is 2.95. The maximum absolute atomic E-state index is 13.5. The molecule has 0 radical (unpaired) electrons. The molecule has 9 heteroatoms. The topological polar surface area (TPSA) is 75.2 Å². The Balaban J connectivity index is 1.73. The molecule has 30 heavy (non-hydrogen) atoms. The van der Waals surface area contributed by atoms with Gasteiger partial charge in [0.1, 0.15) is 17.4 Å². The van der Waals surface area contributed by atoms with Crippen molar-refractivity contribution in [2.24, 2.45) is 4.99 Å². The molecule has 1 aliphatic heterocycles. The van der Waals surface area contributed by atoms with Gasteiger partial charge in [-0.1, -0.05) is 6.07 Å². The number of rotatable bonds is 6. The first-order chi connectivity index (χ1) is 14.5. The van der Waals surface area contributed by atoms with E-state index >= 15 is 0 Å². The smallest absolute Gasteiger partial charge is 0.258 e. The minimum absolute atomic E-state index is 0.0982. The number of aliphatic imine (C=N–C) groups is 1. The predicted molar refractivity (Wildman–Crippen MR) is 110 cm³/mol. The molecule has 1 aliphatic rings. The van der Waals surface area contributed by atoms with Gasteiger partial charge < -0.3 is 14.8 Å². The van der Waals surface area contributed by atoms with Gasteiger partial charge >= 0.3 is 0 Å². The molecule has 2 N–H and O–H groups in total. The molecule has 7 nitrogen and oxygen atoms in total. The highest BCUT2D eigenvalue weighted by Crippen LogP contribution is 2.14. The molecular formula is C21H24F2N4O3. The molecule has 1 saturated heterocycles. The number of methoxy groups -OCH3 is 1. The molecule has 3 rings (SSSR count). The number of carbonyl (C=O) groups excluding carboxylic acids is 1. The molecule has 1 amide bonds. The quantitative estimate of drug-likeness (QED) is 0.557. The van der Waals surface area contributed by atoms with Crippen molar-refractivity contribution in [3.8, 4) is 5.75 Å². The minimum atomic E-state index is -0.732. The van der Waals surface area contributed by atoms with Crippen molar-refractivity contribution in [2.75, 3.05) is 51.8 Å². The SMILES string of the molecule is COc1cccc(C(=O)NC(=NCCN2CCOCC2)Nc2cc(F)cc(F)c2)c1. The van der Waals surface area contributed by atoms with Crippen LogP contribution in [0.15, 0.2) is 47.5 Å². The molecule has 0 aromatic heterocycles. The van der Waals surface area contributed by atoms with Gasteiger partial charge in [0.25, 0.3) is 5.91 Å². The maximum atomic E-state index is 13.5. The standard InChI is InChI=1S/C21H24F2N4O3/c1-29-19-4-2-3-15(11-19)20(28)26-21(24-5-6-27-7-9-30-10-8-27)25-18-13-16(22)12-17(23)14-18/h2-4,11-14H,5-10H2,1H3,(H2,24,25,26,28). The molecule has 0 spiro atoms. The molecule has 1 fully saturated rings. The van der Waals surface area contributed by atoms with Crippen LogP contribution in [0.25, 0.3) is 0 Å². The Kier molecular flexibility index (Phi) is 7.69. The summed E-state index contributed by atoms with van der Waals surface area (Å²) in [4.78, 5) is 19.2. The largest absolute Gasteiger partial charge is 0.497 e. The Morgan fingerprint density at radius 1 is 1.17 bits per heavy atom. The van der Waals surface area contributed by atoms with Crippen LogP contribution in [0.4, 0.5) is 14.5 Å². The van der Waals surface area contributed by atoms with E-state index in [2.05, 4.69) is 20.5 Å². The van der Waals surface area contributed by atoms with Crippen LogP contribution < -0.4 is 15.4 Å². The monoisotopic (exact) mass is 418 g/mol. The van der Waals surface area contributed by atoms with E-state index in [1.165, 1.54) is 7.11 Å². The third-order valence-electron chi connectivity index (χ3n) is 4.48. The van der Waals surface area contributed by atoms with Crippen LogP contribution in [0.5, 0.6) is 5.75 Å². The van der Waals surface area contributed by atoms with Crippen LogP contribution in [-0.4, -0.2) is 63.3 Å². The second-order valence-corrected chi connectivity index (χ2v) is 6.65. The number of benzene rings is 2. The van der Waals surface area contributed by atoms with E-state index in [1.54, 1.807) is 24.3 Å². The summed E-state index contributed by atoms with van der Waals surface area (Å²) < 4.78 is 37.5. The van der Waals surface area contributed by atoms with Crippen LogP contribution in [0.2, 0.25) is 0 Å². The summed E-state index contributed by atoms with van der Waals surface area (Å²) in [6, 6.07) is 9.65. The third-order valence-corrected chi connectivity index (χ3v) is 4.48. The number of anilines is 1. The molecular weight excluding hydrogens is 394 g/mol. The minimum Gasteiger partial charge on any atom is -0.497 e. The summed E-state index contributed by atoms with van der Waals surface area (Å²) in [5, 5.41) is 5.46. The van der Waals surface area contributed by atoms with E-state index in [4.69, 9.17) is 9.47 Å². The number of guanidine groups is 1. The number of nitrogens with zero attached hydrogens (tertiary/aromatic N) is 2. The first kappa shape index (κ1) is 21.7. The summed E-state index contributed by atoms with van der Waals surface area (Å²) in [6.45, 7) is 4.01. The van der Waals surface area contributed by atoms with Crippen molar-refractivity contribution >= 4 is 17.6 Å². The van der Waals surface area contributed by atoms with E-state index < -0.39 is 17.5 Å². The molecule has 2 aromatic rings. The van der Waals surface area contributed by atoms with Crippen molar-refractivity contribution < 1.29 is 23.0 Å². The number of nitrogens with one attached hydrogen (secondary N) is 2. The average Bonchev–Trinajstić information content (AvgIpc) is 2.73. The molecule has 1 heterocycles. The second kappa shape index (κ2) is 10.7. The Labute approximate surface area is 173 Å². The van der Waals surface area contributed by atoms with Crippen LogP contribution in [-0.2, 0) is 4.74 Å². The maximum Gasteiger partial charge on any atom is 0.258 e. The Morgan fingerprint density at radius 3 is 2.60 bits per heavy atom. The zero-order valence-corrected chi connectivity index (χ0v) is 16.7. The zero-order chi connectivity index (χ0) is 21.3. The Morgan fingerprint density at radius 2 is 1.90 bits per heavy atom. The Hall–Kier alpha value is -3.04. The third kappa shape index (κ3) is 6.50. The highest BCUT2D eigenvalue weighted by atomic mass is 19.1. The lowest BCUT2D eigenvalue weighted by Gasteiger charge is -2.25. The molecule has 0 unspecified atom stereocenters. The second-order valence-electron chi connectivity index (χ2n) is 6.65. The van der Waals surface area contributed by atoms with Gasteiger partial charge in [-0.05, 0) is 30.3 Å². The van der Waals surface area contributed by atoms with Gasteiger partial charge in [0.15, 0.2) is 0 Å². The molecule has 0 bridgehead atoms. The van der Waals surface area contributed by atoms with Gasteiger partial charge in [-0.2, -0.15) is 0 Å². The van der Waals surface area contributed by atoms with Gasteiger partial charge in [0.05, 0.1) is 26.9 Å². The summed E-state index contributed by atoms with van der Waals surface area (Å²) in [6.07, 6.45) is 0. The Bertz CT molecular complexity index is 881. The predicted octanol–water partition coefficient (Wildman–Crippen LogP) is 2.50. The number of halogens is 2. The number of morpholine rings is 1. The average molecular weight is 418 g/mol. The van der Waals surface area contributed by atoms with E-state index in [1.807, 2.05) is 0 Å². The number of ether oxygens (including phenoxy) is 2. The lowest BCUT2D eigenvalue weighted by atomic mass is 10.2. The van der Waals surface area contributed by atoms with Gasteiger partial charge in [0.2, 0.25) is 5.96 Å². The van der Waals surface area contributed by atoms with Crippen LogP contribution in [0.1, 0.15) is 10.4 Å². The van der Waals surface area contributed by atoms with Gasteiger partial charge in [-0.25, -0.2) is 8.78 Å². The molecule has 0 atom stereocenters. The van der Waals surface area contributed by atoms with Gasteiger partial charge in [0, 0.05) is 37.0 Å². The number of amides is 1. The van der Waals surface area contributed by atoms with Crippen molar-refractivity contribution in [2.45, 2.75) is 0 Å². The lowest BCUT2D eigenvalue weighted by Crippen LogP contribution is -2.39. The van der Waals surface area contributed by atoms with Gasteiger partial charge in [-0.15, -0.1) is 0 Å². The summed E-state index contributed by atoms with van der Waals surface area (Å²) >= 11 is 0.